The average Bonchev–Trinajstić information content (AvgIpc) is 2.22. The molecule has 0 amide bonds. The van der Waals surface area contributed by atoms with E-state index in [9.17, 15) is 18.0 Å². The molecule has 0 rings (SSSR count). The van der Waals surface area contributed by atoms with Crippen LogP contribution >= 0.6 is 0 Å². The van der Waals surface area contributed by atoms with E-state index in [-0.39, 0.29) is 13.2 Å². The highest BCUT2D eigenvalue weighted by Crippen LogP contribution is 2.19. The van der Waals surface area contributed by atoms with Gasteiger partial charge in [-0.15, -0.1) is 0 Å². The summed E-state index contributed by atoms with van der Waals surface area (Å²) in [7, 11) is 0. The van der Waals surface area contributed by atoms with Crippen LogP contribution in [0.15, 0.2) is 0 Å². The van der Waals surface area contributed by atoms with E-state index in [4.69, 9.17) is 9.84 Å². The second-order valence-electron chi connectivity index (χ2n) is 4.25. The molecule has 0 radical (unpaired) electrons. The minimum atomic E-state index is -4.21. The fourth-order valence-electron chi connectivity index (χ4n) is 1.48. The SMILES string of the molecule is CCNC(C)(CCCOCCC(F)(F)F)C(=O)O. The van der Waals surface area contributed by atoms with Crippen molar-refractivity contribution in [2.24, 2.45) is 0 Å². The predicted molar refractivity (Wildman–Crippen MR) is 60.4 cm³/mol. The molecule has 108 valence electrons. The molecule has 1 unspecified atom stereocenters. The molecule has 0 saturated carbocycles. The van der Waals surface area contributed by atoms with Crippen LogP contribution in [0.3, 0.4) is 0 Å². The first kappa shape index (κ1) is 17.2. The topological polar surface area (TPSA) is 58.6 Å². The van der Waals surface area contributed by atoms with Crippen molar-refractivity contribution >= 4 is 5.97 Å². The van der Waals surface area contributed by atoms with Gasteiger partial charge in [0.1, 0.15) is 5.54 Å². The maximum absolute atomic E-state index is 11.8. The Labute approximate surface area is 105 Å². The first-order chi connectivity index (χ1) is 8.21. The Kier molecular flexibility index (Phi) is 7.23. The lowest BCUT2D eigenvalue weighted by molar-refractivity contribution is -0.145. The highest BCUT2D eigenvalue weighted by molar-refractivity contribution is 5.78. The highest BCUT2D eigenvalue weighted by atomic mass is 19.4. The molecule has 0 fully saturated rings. The van der Waals surface area contributed by atoms with Crippen molar-refractivity contribution in [2.75, 3.05) is 19.8 Å². The summed E-state index contributed by atoms with van der Waals surface area (Å²) >= 11 is 0. The van der Waals surface area contributed by atoms with Crippen molar-refractivity contribution in [1.82, 2.24) is 5.32 Å². The van der Waals surface area contributed by atoms with Gasteiger partial charge in [-0.1, -0.05) is 6.92 Å². The van der Waals surface area contributed by atoms with Gasteiger partial charge in [-0.2, -0.15) is 13.2 Å². The summed E-state index contributed by atoms with van der Waals surface area (Å²) in [6, 6.07) is 0. The molecule has 0 aromatic heterocycles. The maximum Gasteiger partial charge on any atom is 0.391 e. The minimum absolute atomic E-state index is 0.129. The van der Waals surface area contributed by atoms with Crippen LogP contribution in [0, 0.1) is 0 Å². The molecular weight excluding hydrogens is 251 g/mol. The lowest BCUT2D eigenvalue weighted by Crippen LogP contribution is -2.49. The molecule has 0 heterocycles. The second-order valence-corrected chi connectivity index (χ2v) is 4.25. The number of rotatable bonds is 9. The summed E-state index contributed by atoms with van der Waals surface area (Å²) in [5.41, 5.74) is -1.05. The number of carboxylic acids is 1. The number of alkyl halides is 3. The number of carboxylic acid groups (broad SMARTS) is 1. The van der Waals surface area contributed by atoms with Gasteiger partial charge in [0.15, 0.2) is 0 Å². The van der Waals surface area contributed by atoms with Crippen LogP contribution in [0.2, 0.25) is 0 Å². The molecule has 0 spiro atoms. The zero-order chi connectivity index (χ0) is 14.2. The number of carbonyl (C=O) groups is 1. The molecule has 18 heavy (non-hydrogen) atoms. The number of hydrogen-bond donors (Lipinski definition) is 2. The Morgan fingerprint density at radius 1 is 1.28 bits per heavy atom. The van der Waals surface area contributed by atoms with E-state index in [1.165, 1.54) is 0 Å². The molecule has 4 nitrogen and oxygen atoms in total. The molecule has 0 bridgehead atoms. The van der Waals surface area contributed by atoms with Gasteiger partial charge in [0.25, 0.3) is 0 Å². The van der Waals surface area contributed by atoms with Crippen LogP contribution in [0.1, 0.15) is 33.1 Å². The molecule has 0 aliphatic carbocycles. The zero-order valence-electron chi connectivity index (χ0n) is 10.6. The number of halogens is 3. The Morgan fingerprint density at radius 2 is 1.89 bits per heavy atom. The van der Waals surface area contributed by atoms with Crippen molar-refractivity contribution in [3.8, 4) is 0 Å². The smallest absolute Gasteiger partial charge is 0.391 e. The number of hydrogen-bond acceptors (Lipinski definition) is 3. The van der Waals surface area contributed by atoms with Gasteiger partial charge in [-0.25, -0.2) is 0 Å². The summed E-state index contributed by atoms with van der Waals surface area (Å²) < 4.78 is 40.2. The molecule has 1 atom stereocenters. The first-order valence-corrected chi connectivity index (χ1v) is 5.84. The summed E-state index contributed by atoms with van der Waals surface area (Å²) in [5.74, 6) is -0.973. The van der Waals surface area contributed by atoms with Gasteiger partial charge in [0.05, 0.1) is 13.0 Å². The summed E-state index contributed by atoms with van der Waals surface area (Å²) in [5, 5.41) is 11.9. The molecule has 0 aliphatic rings. The first-order valence-electron chi connectivity index (χ1n) is 5.84. The van der Waals surface area contributed by atoms with Gasteiger partial charge >= 0.3 is 12.1 Å². The summed E-state index contributed by atoms with van der Waals surface area (Å²) in [6.07, 6.45) is -4.48. The van der Waals surface area contributed by atoms with Crippen LogP contribution in [-0.2, 0) is 9.53 Å². The quantitative estimate of drug-likeness (QED) is 0.631. The van der Waals surface area contributed by atoms with Crippen molar-refractivity contribution in [1.29, 1.82) is 0 Å². The van der Waals surface area contributed by atoms with Crippen LogP contribution in [0.5, 0.6) is 0 Å². The van der Waals surface area contributed by atoms with E-state index in [2.05, 4.69) is 5.32 Å². The Morgan fingerprint density at radius 3 is 2.33 bits per heavy atom. The molecule has 7 heteroatoms. The number of aliphatic carboxylic acids is 1. The van der Waals surface area contributed by atoms with E-state index in [0.29, 0.717) is 19.4 Å². The van der Waals surface area contributed by atoms with Gasteiger partial charge in [0.2, 0.25) is 0 Å². The van der Waals surface area contributed by atoms with Crippen LogP contribution in [0.4, 0.5) is 13.2 Å². The molecule has 0 aliphatic heterocycles. The third-order valence-electron chi connectivity index (χ3n) is 2.53. The Bertz CT molecular complexity index is 258. The average molecular weight is 271 g/mol. The normalized spacial score (nSPS) is 15.4. The van der Waals surface area contributed by atoms with E-state index in [1.54, 1.807) is 13.8 Å². The highest BCUT2D eigenvalue weighted by Gasteiger charge is 2.31. The molecular formula is C11H20F3NO3. The van der Waals surface area contributed by atoms with Crippen molar-refractivity contribution < 1.29 is 27.8 Å². The molecule has 0 aromatic rings. The maximum atomic E-state index is 11.8. The molecule has 0 saturated heterocycles. The van der Waals surface area contributed by atoms with Crippen molar-refractivity contribution in [3.05, 3.63) is 0 Å². The van der Waals surface area contributed by atoms with Crippen molar-refractivity contribution in [2.45, 2.75) is 44.8 Å². The van der Waals surface area contributed by atoms with Gasteiger partial charge in [-0.05, 0) is 26.3 Å². The fourth-order valence-corrected chi connectivity index (χ4v) is 1.48. The van der Waals surface area contributed by atoms with E-state index in [0.717, 1.165) is 0 Å². The zero-order valence-corrected chi connectivity index (χ0v) is 10.6. The van der Waals surface area contributed by atoms with Gasteiger partial charge in [0, 0.05) is 6.61 Å². The monoisotopic (exact) mass is 271 g/mol. The number of nitrogens with one attached hydrogen (secondary N) is 1. The van der Waals surface area contributed by atoms with Crippen LogP contribution < -0.4 is 5.32 Å². The lowest BCUT2D eigenvalue weighted by atomic mass is 9.96. The van der Waals surface area contributed by atoms with E-state index < -0.39 is 24.1 Å². The standard InChI is InChI=1S/C11H20F3NO3/c1-3-15-10(2,9(16)17)5-4-7-18-8-6-11(12,13)14/h15H,3-8H2,1-2H3,(H,16,17). The Hall–Kier alpha value is -0.820. The van der Waals surface area contributed by atoms with E-state index >= 15 is 0 Å². The summed E-state index contributed by atoms with van der Waals surface area (Å²) in [4.78, 5) is 11.0. The van der Waals surface area contributed by atoms with Crippen LogP contribution in [-0.4, -0.2) is 42.5 Å². The van der Waals surface area contributed by atoms with Gasteiger partial charge < -0.3 is 15.2 Å². The lowest BCUT2D eigenvalue weighted by Gasteiger charge is -2.25. The number of ether oxygens (including phenoxy) is 1. The molecule has 2 N–H and O–H groups in total. The molecule has 0 aromatic carbocycles. The number of likely N-dealkylation sites (N-methyl/N-ethyl adjacent to an activating group) is 1. The van der Waals surface area contributed by atoms with Crippen LogP contribution in [0.25, 0.3) is 0 Å². The third kappa shape index (κ3) is 7.50. The Balaban J connectivity index is 3.78. The fraction of sp³-hybridized carbons (Fsp3) is 0.909. The van der Waals surface area contributed by atoms with E-state index in [1.807, 2.05) is 0 Å². The largest absolute Gasteiger partial charge is 0.480 e. The second kappa shape index (κ2) is 7.58. The minimum Gasteiger partial charge on any atom is -0.480 e. The summed E-state index contributed by atoms with van der Waals surface area (Å²) in [6.45, 7) is 3.60. The predicted octanol–water partition coefficient (Wildman–Crippen LogP) is 2.19. The van der Waals surface area contributed by atoms with Gasteiger partial charge in [-0.3, -0.25) is 4.79 Å². The third-order valence-corrected chi connectivity index (χ3v) is 2.53. The van der Waals surface area contributed by atoms with Crippen molar-refractivity contribution in [3.63, 3.8) is 0 Å².